The van der Waals surface area contributed by atoms with Gasteiger partial charge in [0.25, 0.3) is 0 Å². The van der Waals surface area contributed by atoms with E-state index in [-0.39, 0.29) is 19.4 Å². The molecule has 0 aliphatic heterocycles. The van der Waals surface area contributed by atoms with Gasteiger partial charge < -0.3 is 25.2 Å². The van der Waals surface area contributed by atoms with Crippen LogP contribution in [0.1, 0.15) is 168 Å². The van der Waals surface area contributed by atoms with E-state index in [1.807, 2.05) is 0 Å². The minimum absolute atomic E-state index is 0.123. The summed E-state index contributed by atoms with van der Waals surface area (Å²) in [5.74, 6) is -2.46. The molecule has 0 saturated carbocycles. The van der Waals surface area contributed by atoms with Crippen LogP contribution in [0.3, 0.4) is 0 Å². The summed E-state index contributed by atoms with van der Waals surface area (Å²) in [5, 5.41) is 8.90. The molecule has 0 bridgehead atoms. The molecule has 0 aliphatic rings. The highest BCUT2D eigenvalue weighted by molar-refractivity contribution is 7.47. The highest BCUT2D eigenvalue weighted by atomic mass is 31.2. The number of nitrogens with two attached hydrogens (primary N) is 1. The van der Waals surface area contributed by atoms with E-state index in [4.69, 9.17) is 24.8 Å². The lowest BCUT2D eigenvalue weighted by Crippen LogP contribution is -2.34. The van der Waals surface area contributed by atoms with Gasteiger partial charge in [0.1, 0.15) is 12.6 Å². The highest BCUT2D eigenvalue weighted by Crippen LogP contribution is 2.43. The normalized spacial score (nSPS) is 14.5. The van der Waals surface area contributed by atoms with Crippen LogP contribution in [-0.4, -0.2) is 59.9 Å². The van der Waals surface area contributed by atoms with E-state index in [9.17, 15) is 23.8 Å². The Morgan fingerprint density at radius 3 is 1.32 bits per heavy atom. The summed E-state index contributed by atoms with van der Waals surface area (Å²) in [6.07, 6.45) is 52.1. The summed E-state index contributed by atoms with van der Waals surface area (Å²) in [7, 11) is -4.74. The first-order valence-electron chi connectivity index (χ1n) is 22.6. The number of hydrogen-bond donors (Lipinski definition) is 3. The second kappa shape index (κ2) is 42.4. The predicted octanol–water partition coefficient (Wildman–Crippen LogP) is 12.3. The van der Waals surface area contributed by atoms with Crippen LogP contribution in [-0.2, 0) is 37.5 Å². The van der Waals surface area contributed by atoms with Crippen LogP contribution >= 0.6 is 7.82 Å². The Morgan fingerprint density at radius 2 is 0.883 bits per heavy atom. The van der Waals surface area contributed by atoms with Crippen molar-refractivity contribution in [2.24, 2.45) is 5.73 Å². The van der Waals surface area contributed by atoms with Crippen LogP contribution in [0.2, 0.25) is 0 Å². The molecule has 0 saturated heterocycles. The van der Waals surface area contributed by atoms with E-state index in [2.05, 4.69) is 103 Å². The molecule has 0 radical (unpaired) electrons. The molecule has 12 heteroatoms. The van der Waals surface area contributed by atoms with Crippen LogP contribution in [0.25, 0.3) is 0 Å². The van der Waals surface area contributed by atoms with Crippen molar-refractivity contribution in [3.8, 4) is 0 Å². The molecule has 0 aromatic carbocycles. The van der Waals surface area contributed by atoms with E-state index in [1.165, 1.54) is 44.9 Å². The Hall–Kier alpha value is -3.34. The third-order valence-electron chi connectivity index (χ3n) is 9.12. The van der Waals surface area contributed by atoms with E-state index in [0.29, 0.717) is 12.8 Å². The largest absolute Gasteiger partial charge is 0.480 e. The highest BCUT2D eigenvalue weighted by Gasteiger charge is 2.28. The summed E-state index contributed by atoms with van der Waals surface area (Å²) in [6.45, 7) is 2.68. The first-order valence-corrected chi connectivity index (χ1v) is 24.1. The molecule has 0 fully saturated rings. The number of phosphoric acid groups is 1. The number of carbonyl (C=O) groups is 3. The number of aliphatic carboxylic acids is 1. The Bertz CT molecular complexity index is 1340. The van der Waals surface area contributed by atoms with Crippen LogP contribution in [0, 0.1) is 0 Å². The number of carboxylic acids is 1. The lowest BCUT2D eigenvalue weighted by Gasteiger charge is -2.20. The lowest BCUT2D eigenvalue weighted by atomic mass is 10.1. The van der Waals surface area contributed by atoms with E-state index in [1.54, 1.807) is 0 Å². The molecule has 0 aromatic rings. The van der Waals surface area contributed by atoms with E-state index in [0.717, 1.165) is 83.5 Å². The Labute approximate surface area is 362 Å². The van der Waals surface area contributed by atoms with Crippen molar-refractivity contribution in [1.82, 2.24) is 0 Å². The fourth-order valence-corrected chi connectivity index (χ4v) is 6.30. The molecule has 0 amide bonds. The summed E-state index contributed by atoms with van der Waals surface area (Å²) < 4.78 is 32.7. The molecular weight excluding hydrogens is 781 g/mol. The third-order valence-corrected chi connectivity index (χ3v) is 10.1. The molecule has 11 nitrogen and oxygen atoms in total. The fraction of sp³-hybridized carbons (Fsp3) is 0.646. The SMILES string of the molecule is CCCCC/C=C/C/C=C/C/C=C/C/C=C/CCCCCC(=O)OC[C@H](COP(=O)(O)OC[C@H](N)C(=O)O)OC(=O)CCCCCC/C=C/C/C=C/C/C=C/CCCCC. The average Bonchev–Trinajstić information content (AvgIpc) is 3.22. The topological polar surface area (TPSA) is 172 Å². The maximum Gasteiger partial charge on any atom is 0.472 e. The molecule has 342 valence electrons. The number of unbranched alkanes of at least 4 members (excludes halogenated alkanes) is 13. The van der Waals surface area contributed by atoms with Gasteiger partial charge in [-0.05, 0) is 96.3 Å². The van der Waals surface area contributed by atoms with Gasteiger partial charge in [0, 0.05) is 12.8 Å². The third kappa shape index (κ3) is 41.4. The van der Waals surface area contributed by atoms with Crippen LogP contribution in [0.5, 0.6) is 0 Å². The fourth-order valence-electron chi connectivity index (χ4n) is 5.52. The molecule has 0 heterocycles. The maximum absolute atomic E-state index is 12.6. The quantitative estimate of drug-likeness (QED) is 0.0231. The number of carbonyl (C=O) groups excluding carboxylic acids is 2. The molecule has 1 unspecified atom stereocenters. The number of allylic oxidation sites excluding steroid dienone is 14. The number of rotatable bonds is 41. The number of esters is 2. The smallest absolute Gasteiger partial charge is 0.472 e. The van der Waals surface area contributed by atoms with Crippen molar-refractivity contribution in [1.29, 1.82) is 0 Å². The standard InChI is InChI=1S/C48H80NO10P/c1-3-5-7-9-11-13-15-17-19-21-22-24-25-27-29-31-33-35-37-39-46(50)56-41-44(42-57-60(54,55)58-43-45(49)48(52)53)59-47(51)40-38-36-34-32-30-28-26-23-20-18-16-14-12-10-8-6-4-2/h11-14,17-20,22,24,26-29,44-45H,3-10,15-16,21,23,25,30-43,49H2,1-2H3,(H,52,53)(H,54,55)/b13-11+,14-12+,19-17+,20-18+,24-22+,28-26+,29-27+/t44-,45+/m1/s1. The first kappa shape index (κ1) is 56.7. The number of carboxylic acid groups (broad SMARTS) is 1. The summed E-state index contributed by atoms with van der Waals surface area (Å²) in [5.41, 5.74) is 5.33. The molecule has 4 N–H and O–H groups in total. The average molecular weight is 862 g/mol. The molecular formula is C48H80NO10P. The lowest BCUT2D eigenvalue weighted by molar-refractivity contribution is -0.161. The first-order chi connectivity index (χ1) is 29.1. The second-order valence-electron chi connectivity index (χ2n) is 14.8. The van der Waals surface area contributed by atoms with Crippen LogP contribution in [0.4, 0.5) is 0 Å². The Balaban J connectivity index is 4.47. The van der Waals surface area contributed by atoms with Crippen molar-refractivity contribution < 1.29 is 47.5 Å². The Morgan fingerprint density at radius 1 is 0.517 bits per heavy atom. The minimum atomic E-state index is -4.74. The van der Waals surface area contributed by atoms with Crippen molar-refractivity contribution in [2.45, 2.75) is 180 Å². The minimum Gasteiger partial charge on any atom is -0.480 e. The van der Waals surface area contributed by atoms with Gasteiger partial charge in [0.15, 0.2) is 6.10 Å². The molecule has 3 atom stereocenters. The molecule has 0 rings (SSSR count). The molecule has 0 spiro atoms. The Kier molecular flexibility index (Phi) is 40.0. The zero-order valence-electron chi connectivity index (χ0n) is 37.0. The van der Waals surface area contributed by atoms with Crippen molar-refractivity contribution in [3.05, 3.63) is 85.1 Å². The van der Waals surface area contributed by atoms with Gasteiger partial charge >= 0.3 is 25.7 Å². The predicted molar refractivity (Wildman–Crippen MR) is 244 cm³/mol. The van der Waals surface area contributed by atoms with Gasteiger partial charge in [-0.1, -0.05) is 144 Å². The number of phosphoric ester groups is 1. The summed E-state index contributed by atoms with van der Waals surface area (Å²) in [6, 6.07) is -1.53. The molecule has 60 heavy (non-hydrogen) atoms. The zero-order chi connectivity index (χ0) is 44.2. The van der Waals surface area contributed by atoms with Gasteiger partial charge in [-0.25, -0.2) is 4.57 Å². The van der Waals surface area contributed by atoms with Crippen molar-refractivity contribution in [3.63, 3.8) is 0 Å². The van der Waals surface area contributed by atoms with Gasteiger partial charge in [-0.3, -0.25) is 23.4 Å². The van der Waals surface area contributed by atoms with Crippen LogP contribution in [0.15, 0.2) is 85.1 Å². The molecule has 0 aromatic heterocycles. The maximum atomic E-state index is 12.6. The monoisotopic (exact) mass is 862 g/mol. The van der Waals surface area contributed by atoms with E-state index < -0.39 is 51.1 Å². The summed E-state index contributed by atoms with van der Waals surface area (Å²) >= 11 is 0. The van der Waals surface area contributed by atoms with Crippen molar-refractivity contribution >= 4 is 25.7 Å². The van der Waals surface area contributed by atoms with E-state index >= 15 is 0 Å². The number of ether oxygens (including phenoxy) is 2. The summed E-state index contributed by atoms with van der Waals surface area (Å²) in [4.78, 5) is 46.0. The van der Waals surface area contributed by atoms with Gasteiger partial charge in [-0.15, -0.1) is 0 Å². The molecule has 0 aliphatic carbocycles. The number of hydrogen-bond acceptors (Lipinski definition) is 9. The van der Waals surface area contributed by atoms with Gasteiger partial charge in [0.2, 0.25) is 0 Å². The second-order valence-corrected chi connectivity index (χ2v) is 16.3. The van der Waals surface area contributed by atoms with Gasteiger partial charge in [-0.2, -0.15) is 0 Å². The van der Waals surface area contributed by atoms with Crippen molar-refractivity contribution in [2.75, 3.05) is 19.8 Å². The van der Waals surface area contributed by atoms with Gasteiger partial charge in [0.05, 0.1) is 13.2 Å². The zero-order valence-corrected chi connectivity index (χ0v) is 37.9. The van der Waals surface area contributed by atoms with Crippen LogP contribution < -0.4 is 5.73 Å².